The second kappa shape index (κ2) is 2.88. The second-order valence-corrected chi connectivity index (χ2v) is 4.17. The van der Waals surface area contributed by atoms with E-state index in [1.807, 2.05) is 18.2 Å². The van der Waals surface area contributed by atoms with E-state index >= 15 is 0 Å². The van der Waals surface area contributed by atoms with Crippen LogP contribution in [0.4, 0.5) is 0 Å². The number of halogens is 2. The molecule has 2 rings (SSSR count). The summed E-state index contributed by atoms with van der Waals surface area (Å²) in [5, 5.41) is 0. The van der Waals surface area contributed by atoms with E-state index < -0.39 is 0 Å². The van der Waals surface area contributed by atoms with Crippen LogP contribution in [0.15, 0.2) is 18.2 Å². The molecular weight excluding hydrogens is 288 g/mol. The summed E-state index contributed by atoms with van der Waals surface area (Å²) < 4.78 is 2.19. The van der Waals surface area contributed by atoms with Crippen LogP contribution in [0.1, 0.15) is 15.9 Å². The zero-order valence-electron chi connectivity index (χ0n) is 6.05. The van der Waals surface area contributed by atoms with Crippen LogP contribution in [0, 0.1) is 3.57 Å². The lowest BCUT2D eigenvalue weighted by molar-refractivity contribution is 0.0880. The van der Waals surface area contributed by atoms with Gasteiger partial charge in [0.25, 0.3) is 5.91 Å². The van der Waals surface area contributed by atoms with Crippen molar-refractivity contribution < 1.29 is 4.79 Å². The van der Waals surface area contributed by atoms with Crippen molar-refractivity contribution in [2.75, 3.05) is 0 Å². The Balaban J connectivity index is 2.62. The molecule has 62 valence electrons. The number of fused-ring (bicyclic) bond motifs is 1. The molecule has 0 aliphatic carbocycles. The first-order valence-corrected chi connectivity index (χ1v) is 4.87. The van der Waals surface area contributed by atoms with Gasteiger partial charge in [-0.3, -0.25) is 4.79 Å². The summed E-state index contributed by atoms with van der Waals surface area (Å²) in [7, 11) is 0. The molecule has 1 heterocycles. The van der Waals surface area contributed by atoms with Gasteiger partial charge in [-0.25, -0.2) is 4.42 Å². The topological polar surface area (TPSA) is 20.3 Å². The van der Waals surface area contributed by atoms with Gasteiger partial charge in [0.05, 0.1) is 12.1 Å². The summed E-state index contributed by atoms with van der Waals surface area (Å²) in [5.74, 6) is -0.0864. The molecule has 0 bridgehead atoms. The van der Waals surface area contributed by atoms with E-state index in [0.29, 0.717) is 6.54 Å². The fourth-order valence-electron chi connectivity index (χ4n) is 1.28. The van der Waals surface area contributed by atoms with Crippen LogP contribution in [0.5, 0.6) is 0 Å². The molecule has 0 radical (unpaired) electrons. The highest BCUT2D eigenvalue weighted by Crippen LogP contribution is 2.27. The maximum absolute atomic E-state index is 11.4. The first-order chi connectivity index (χ1) is 5.70. The van der Waals surface area contributed by atoms with Crippen LogP contribution in [-0.2, 0) is 6.54 Å². The van der Waals surface area contributed by atoms with Crippen molar-refractivity contribution >= 4 is 40.3 Å². The normalized spacial score (nSPS) is 15.2. The van der Waals surface area contributed by atoms with Crippen molar-refractivity contribution in [3.05, 3.63) is 32.9 Å². The Morgan fingerprint density at radius 3 is 2.92 bits per heavy atom. The maximum Gasteiger partial charge on any atom is 0.269 e. The molecule has 1 aliphatic rings. The lowest BCUT2D eigenvalue weighted by Gasteiger charge is -2.00. The van der Waals surface area contributed by atoms with Gasteiger partial charge in [0.2, 0.25) is 0 Å². The summed E-state index contributed by atoms with van der Waals surface area (Å²) in [6.45, 7) is 0.520. The summed E-state index contributed by atoms with van der Waals surface area (Å²) in [5.41, 5.74) is 1.77. The molecule has 0 fully saturated rings. The third-order valence-electron chi connectivity index (χ3n) is 1.84. The van der Waals surface area contributed by atoms with Crippen molar-refractivity contribution in [2.45, 2.75) is 6.54 Å². The average molecular weight is 293 g/mol. The number of amides is 1. The summed E-state index contributed by atoms with van der Waals surface area (Å²) in [4.78, 5) is 11.4. The highest BCUT2D eigenvalue weighted by Gasteiger charge is 2.27. The summed E-state index contributed by atoms with van der Waals surface area (Å²) in [6.07, 6.45) is 0. The fourth-order valence-corrected chi connectivity index (χ4v) is 2.28. The number of nitrogens with zero attached hydrogens (tertiary/aromatic N) is 1. The third-order valence-corrected chi connectivity index (χ3v) is 3.02. The molecule has 0 N–H and O–H groups in total. The van der Waals surface area contributed by atoms with Crippen LogP contribution in [0.2, 0.25) is 0 Å². The molecule has 1 aromatic carbocycles. The number of carbonyl (C=O) groups is 1. The second-order valence-electron chi connectivity index (χ2n) is 2.60. The Hall–Kier alpha value is -0.290. The predicted octanol–water partition coefficient (Wildman–Crippen LogP) is 2.40. The van der Waals surface area contributed by atoms with Gasteiger partial charge in [-0.05, 0) is 34.2 Å². The summed E-state index contributed by atoms with van der Waals surface area (Å²) in [6, 6.07) is 5.77. The third kappa shape index (κ3) is 1.11. The Kier molecular flexibility index (Phi) is 2.00. The number of hydrogen-bond donors (Lipinski definition) is 0. The molecule has 1 amide bonds. The fraction of sp³-hybridized carbons (Fsp3) is 0.125. The smallest absolute Gasteiger partial charge is 0.268 e. The molecule has 0 unspecified atom stereocenters. The minimum absolute atomic E-state index is 0.0864. The minimum atomic E-state index is -0.0864. The molecule has 0 saturated heterocycles. The molecule has 0 saturated carbocycles. The molecule has 12 heavy (non-hydrogen) atoms. The van der Waals surface area contributed by atoms with Gasteiger partial charge >= 0.3 is 0 Å². The van der Waals surface area contributed by atoms with Gasteiger partial charge < -0.3 is 0 Å². The van der Waals surface area contributed by atoms with Crippen molar-refractivity contribution in [3.63, 3.8) is 0 Å². The zero-order chi connectivity index (χ0) is 8.72. The van der Waals surface area contributed by atoms with Crippen molar-refractivity contribution in [2.24, 2.45) is 0 Å². The van der Waals surface area contributed by atoms with Crippen LogP contribution in [0.25, 0.3) is 0 Å². The van der Waals surface area contributed by atoms with Crippen LogP contribution >= 0.6 is 34.4 Å². The van der Waals surface area contributed by atoms with E-state index in [0.717, 1.165) is 14.7 Å². The Labute approximate surface area is 88.8 Å². The van der Waals surface area contributed by atoms with Crippen molar-refractivity contribution in [1.29, 1.82) is 0 Å². The number of benzene rings is 1. The molecule has 1 aliphatic heterocycles. The Bertz CT molecular complexity index is 353. The van der Waals surface area contributed by atoms with E-state index in [1.165, 1.54) is 4.42 Å². The number of rotatable bonds is 0. The highest BCUT2D eigenvalue weighted by molar-refractivity contribution is 14.1. The molecule has 4 heteroatoms. The SMILES string of the molecule is O=C1c2c(I)cccc2CN1Cl. The molecule has 0 spiro atoms. The van der Waals surface area contributed by atoms with Crippen molar-refractivity contribution in [3.8, 4) is 0 Å². The van der Waals surface area contributed by atoms with Gasteiger partial charge in [-0.2, -0.15) is 0 Å². The highest BCUT2D eigenvalue weighted by atomic mass is 127. The Morgan fingerprint density at radius 1 is 1.50 bits per heavy atom. The van der Waals surface area contributed by atoms with Gasteiger partial charge in [0.1, 0.15) is 0 Å². The van der Waals surface area contributed by atoms with E-state index in [9.17, 15) is 4.79 Å². The molecule has 0 atom stereocenters. The molecule has 0 aromatic heterocycles. The molecule has 1 aromatic rings. The van der Waals surface area contributed by atoms with Gasteiger partial charge in [0, 0.05) is 15.3 Å². The van der Waals surface area contributed by atoms with E-state index in [4.69, 9.17) is 11.8 Å². The summed E-state index contributed by atoms with van der Waals surface area (Å²) >= 11 is 7.83. The average Bonchev–Trinajstić information content (AvgIpc) is 2.29. The van der Waals surface area contributed by atoms with Gasteiger partial charge in [-0.15, -0.1) is 0 Å². The standard InChI is InChI=1S/C8H5ClINO/c9-11-4-5-2-1-3-6(10)7(5)8(11)12/h1-3H,4H2. The first kappa shape index (κ1) is 8.31. The monoisotopic (exact) mass is 293 g/mol. The van der Waals surface area contributed by atoms with Crippen LogP contribution < -0.4 is 0 Å². The predicted molar refractivity (Wildman–Crippen MR) is 54.9 cm³/mol. The van der Waals surface area contributed by atoms with Gasteiger partial charge in [-0.1, -0.05) is 12.1 Å². The van der Waals surface area contributed by atoms with E-state index in [-0.39, 0.29) is 5.91 Å². The molecular formula is C8H5ClINO. The number of hydrogen-bond acceptors (Lipinski definition) is 1. The van der Waals surface area contributed by atoms with E-state index in [2.05, 4.69) is 22.6 Å². The quantitative estimate of drug-likeness (QED) is 0.531. The minimum Gasteiger partial charge on any atom is -0.268 e. The Morgan fingerprint density at radius 2 is 2.25 bits per heavy atom. The lowest BCUT2D eigenvalue weighted by atomic mass is 10.1. The zero-order valence-corrected chi connectivity index (χ0v) is 8.96. The number of carbonyl (C=O) groups excluding carboxylic acids is 1. The van der Waals surface area contributed by atoms with E-state index in [1.54, 1.807) is 0 Å². The maximum atomic E-state index is 11.4. The lowest BCUT2D eigenvalue weighted by Crippen LogP contribution is -2.11. The van der Waals surface area contributed by atoms with Gasteiger partial charge in [0.15, 0.2) is 0 Å². The first-order valence-electron chi connectivity index (χ1n) is 3.45. The van der Waals surface area contributed by atoms with Crippen LogP contribution in [0.3, 0.4) is 0 Å². The van der Waals surface area contributed by atoms with Crippen molar-refractivity contribution in [1.82, 2.24) is 4.42 Å². The largest absolute Gasteiger partial charge is 0.269 e. The van der Waals surface area contributed by atoms with Crippen LogP contribution in [-0.4, -0.2) is 10.3 Å². The molecule has 2 nitrogen and oxygen atoms in total.